The van der Waals surface area contributed by atoms with Crippen molar-refractivity contribution < 1.29 is 13.9 Å². The van der Waals surface area contributed by atoms with Crippen LogP contribution in [0.1, 0.15) is 23.6 Å². The van der Waals surface area contributed by atoms with Crippen LogP contribution < -0.4 is 15.3 Å². The Morgan fingerprint density at radius 2 is 1.74 bits per heavy atom. The highest BCUT2D eigenvalue weighted by molar-refractivity contribution is 5.89. The summed E-state index contributed by atoms with van der Waals surface area (Å²) in [4.78, 5) is 33.3. The first kappa shape index (κ1) is 20.9. The minimum atomic E-state index is -0.649. The number of nitrogens with zero attached hydrogens (tertiary/aromatic N) is 3. The summed E-state index contributed by atoms with van der Waals surface area (Å²) in [7, 11) is 0. The average molecular weight is 421 g/mol. The lowest BCUT2D eigenvalue weighted by Gasteiger charge is -2.37. The molecule has 162 valence electrons. The first-order valence-electron chi connectivity index (χ1n) is 10.5. The van der Waals surface area contributed by atoms with Crippen LogP contribution in [0.5, 0.6) is 5.75 Å². The second-order valence-corrected chi connectivity index (χ2v) is 8.05. The zero-order valence-corrected chi connectivity index (χ0v) is 18.3. The smallest absolute Gasteiger partial charge is 0.339 e. The second kappa shape index (κ2) is 8.41. The summed E-state index contributed by atoms with van der Waals surface area (Å²) in [5.41, 5.74) is 3.51. The molecule has 7 nitrogen and oxygen atoms in total. The Morgan fingerprint density at radius 1 is 1.06 bits per heavy atom. The maximum Gasteiger partial charge on any atom is 0.339 e. The van der Waals surface area contributed by atoms with Crippen molar-refractivity contribution in [2.45, 2.75) is 33.8 Å². The Labute approximate surface area is 181 Å². The van der Waals surface area contributed by atoms with Gasteiger partial charge in [-0.15, -0.1) is 0 Å². The van der Waals surface area contributed by atoms with E-state index in [1.54, 1.807) is 26.2 Å². The van der Waals surface area contributed by atoms with E-state index in [0.717, 1.165) is 35.3 Å². The van der Waals surface area contributed by atoms with Crippen LogP contribution in [0.15, 0.2) is 45.9 Å². The van der Waals surface area contributed by atoms with Gasteiger partial charge in [0.1, 0.15) is 11.3 Å². The molecule has 1 saturated heterocycles. The van der Waals surface area contributed by atoms with Gasteiger partial charge in [0.05, 0.1) is 5.39 Å². The summed E-state index contributed by atoms with van der Waals surface area (Å²) in [5, 5.41) is 0.741. The molecule has 31 heavy (non-hydrogen) atoms. The Balaban J connectivity index is 1.50. The van der Waals surface area contributed by atoms with Crippen molar-refractivity contribution in [2.75, 3.05) is 31.1 Å². The van der Waals surface area contributed by atoms with Gasteiger partial charge in [-0.05, 0) is 63.1 Å². The number of rotatable bonds is 4. The molecule has 3 heterocycles. The van der Waals surface area contributed by atoms with Crippen LogP contribution in [0.25, 0.3) is 11.0 Å². The van der Waals surface area contributed by atoms with Crippen LogP contribution in [-0.4, -0.2) is 48.1 Å². The van der Waals surface area contributed by atoms with Crippen LogP contribution in [0, 0.1) is 20.8 Å². The number of fused-ring (bicyclic) bond motifs is 1. The molecular weight excluding hydrogens is 394 g/mol. The van der Waals surface area contributed by atoms with Gasteiger partial charge >= 0.3 is 5.63 Å². The van der Waals surface area contributed by atoms with E-state index < -0.39 is 6.10 Å². The maximum atomic E-state index is 13.1. The monoisotopic (exact) mass is 421 g/mol. The molecule has 0 bridgehead atoms. The van der Waals surface area contributed by atoms with Crippen molar-refractivity contribution in [1.82, 2.24) is 9.88 Å². The first-order chi connectivity index (χ1) is 14.8. The summed E-state index contributed by atoms with van der Waals surface area (Å²) in [6, 6.07) is 7.67. The van der Waals surface area contributed by atoms with Gasteiger partial charge in [0.2, 0.25) is 0 Å². The van der Waals surface area contributed by atoms with Crippen LogP contribution >= 0.6 is 0 Å². The van der Waals surface area contributed by atoms with Gasteiger partial charge in [-0.2, -0.15) is 0 Å². The van der Waals surface area contributed by atoms with Crippen molar-refractivity contribution in [3.05, 3.63) is 63.8 Å². The molecular formula is C24H27N3O4. The highest BCUT2D eigenvalue weighted by atomic mass is 16.5. The standard InChI is InChI=1S/C24H27N3O4/c1-15-13-20(22-16(2)17(3)24(29)31-21(22)14-15)30-18(4)23(28)27-11-9-26(10-12-27)19-5-7-25-8-6-19/h5-8,13-14,18H,9-12H2,1-4H3. The van der Waals surface area contributed by atoms with Crippen LogP contribution in [0.2, 0.25) is 0 Å². The minimum Gasteiger partial charge on any atom is -0.480 e. The lowest BCUT2D eigenvalue weighted by atomic mass is 10.0. The summed E-state index contributed by atoms with van der Waals surface area (Å²) in [5.74, 6) is 0.520. The minimum absolute atomic E-state index is 0.0456. The molecule has 0 saturated carbocycles. The Hall–Kier alpha value is -3.35. The van der Waals surface area contributed by atoms with E-state index in [1.165, 1.54) is 0 Å². The molecule has 1 amide bonds. The third kappa shape index (κ3) is 4.13. The molecule has 4 rings (SSSR count). The van der Waals surface area contributed by atoms with Gasteiger partial charge in [0.15, 0.2) is 6.10 Å². The normalized spacial score (nSPS) is 15.2. The Morgan fingerprint density at radius 3 is 2.42 bits per heavy atom. The summed E-state index contributed by atoms with van der Waals surface area (Å²) >= 11 is 0. The number of hydrogen-bond donors (Lipinski definition) is 0. The molecule has 1 unspecified atom stereocenters. The SMILES string of the molecule is Cc1cc(OC(C)C(=O)N2CCN(c3ccncc3)CC2)c2c(C)c(C)c(=O)oc2c1. The average Bonchev–Trinajstić information content (AvgIpc) is 2.77. The summed E-state index contributed by atoms with van der Waals surface area (Å²) < 4.78 is 11.6. The van der Waals surface area contributed by atoms with E-state index in [2.05, 4.69) is 9.88 Å². The predicted octanol–water partition coefficient (Wildman–Crippen LogP) is 3.23. The quantitative estimate of drug-likeness (QED) is 0.602. The molecule has 0 spiro atoms. The fourth-order valence-electron chi connectivity index (χ4n) is 4.02. The number of aromatic nitrogens is 1. The van der Waals surface area contributed by atoms with Crippen molar-refractivity contribution in [3.63, 3.8) is 0 Å². The van der Waals surface area contributed by atoms with E-state index in [-0.39, 0.29) is 11.5 Å². The van der Waals surface area contributed by atoms with Crippen LogP contribution in [0.3, 0.4) is 0 Å². The fourth-order valence-corrected chi connectivity index (χ4v) is 4.02. The highest BCUT2D eigenvalue weighted by Gasteiger charge is 2.27. The van der Waals surface area contributed by atoms with Crippen LogP contribution in [0.4, 0.5) is 5.69 Å². The van der Waals surface area contributed by atoms with E-state index >= 15 is 0 Å². The molecule has 0 aliphatic carbocycles. The summed E-state index contributed by atoms with van der Waals surface area (Å²) in [6.45, 7) is 10.1. The zero-order valence-electron chi connectivity index (χ0n) is 18.3. The molecule has 7 heteroatoms. The molecule has 1 fully saturated rings. The molecule has 0 N–H and O–H groups in total. The number of carbonyl (C=O) groups excluding carboxylic acids is 1. The van der Waals surface area contributed by atoms with Gasteiger partial charge in [-0.25, -0.2) is 4.79 Å². The number of amides is 1. The third-order valence-electron chi connectivity index (χ3n) is 5.93. The van der Waals surface area contributed by atoms with Crippen molar-refractivity contribution in [3.8, 4) is 5.75 Å². The van der Waals surface area contributed by atoms with Gasteiger partial charge in [-0.3, -0.25) is 9.78 Å². The number of anilines is 1. The number of benzene rings is 1. The van der Waals surface area contributed by atoms with Crippen molar-refractivity contribution in [2.24, 2.45) is 0 Å². The number of hydrogen-bond acceptors (Lipinski definition) is 6. The lowest BCUT2D eigenvalue weighted by molar-refractivity contribution is -0.138. The van der Waals surface area contributed by atoms with Gasteiger partial charge < -0.3 is 19.0 Å². The Kier molecular flexibility index (Phi) is 5.67. The molecule has 3 aromatic rings. The topological polar surface area (TPSA) is 75.9 Å². The number of aryl methyl sites for hydroxylation is 2. The first-order valence-corrected chi connectivity index (χ1v) is 10.5. The van der Waals surface area contributed by atoms with Crippen LogP contribution in [-0.2, 0) is 4.79 Å². The van der Waals surface area contributed by atoms with Gasteiger partial charge in [0, 0.05) is 49.8 Å². The maximum absolute atomic E-state index is 13.1. The molecule has 0 radical (unpaired) electrons. The fraction of sp³-hybridized carbons (Fsp3) is 0.375. The van der Waals surface area contributed by atoms with Crippen molar-refractivity contribution in [1.29, 1.82) is 0 Å². The number of ether oxygens (including phenoxy) is 1. The molecule has 2 aromatic heterocycles. The molecule has 1 aliphatic heterocycles. The number of piperazine rings is 1. The number of carbonyl (C=O) groups is 1. The van der Waals surface area contributed by atoms with E-state index in [0.29, 0.717) is 30.0 Å². The second-order valence-electron chi connectivity index (χ2n) is 8.05. The largest absolute Gasteiger partial charge is 0.480 e. The predicted molar refractivity (Wildman–Crippen MR) is 120 cm³/mol. The third-order valence-corrected chi connectivity index (χ3v) is 5.93. The highest BCUT2D eigenvalue weighted by Crippen LogP contribution is 2.31. The number of pyridine rings is 1. The van der Waals surface area contributed by atoms with E-state index in [1.807, 2.05) is 43.0 Å². The Bertz CT molecular complexity index is 1160. The zero-order chi connectivity index (χ0) is 22.1. The lowest BCUT2D eigenvalue weighted by Crippen LogP contribution is -2.52. The molecule has 1 aromatic carbocycles. The van der Waals surface area contributed by atoms with Crippen molar-refractivity contribution >= 4 is 22.6 Å². The molecule has 1 atom stereocenters. The van der Waals surface area contributed by atoms with E-state index in [9.17, 15) is 9.59 Å². The summed E-state index contributed by atoms with van der Waals surface area (Å²) in [6.07, 6.45) is 2.91. The molecule has 1 aliphatic rings. The van der Waals surface area contributed by atoms with Gasteiger partial charge in [0.25, 0.3) is 5.91 Å². The van der Waals surface area contributed by atoms with Gasteiger partial charge in [-0.1, -0.05) is 0 Å². The van der Waals surface area contributed by atoms with E-state index in [4.69, 9.17) is 9.15 Å².